The van der Waals surface area contributed by atoms with E-state index in [-0.39, 0.29) is 5.69 Å². The molecule has 174 valence electrons. The van der Waals surface area contributed by atoms with Gasteiger partial charge in [0.1, 0.15) is 11.9 Å². The second kappa shape index (κ2) is 8.86. The Bertz CT molecular complexity index is 1430. The monoisotopic (exact) mass is 467 g/mol. The summed E-state index contributed by atoms with van der Waals surface area (Å²) in [6.07, 6.45) is 0. The van der Waals surface area contributed by atoms with E-state index in [1.807, 2.05) is 37.3 Å². The molecule has 4 aromatic rings. The molecular weight excluding hydrogens is 446 g/mol. The number of nitrogens with zero attached hydrogens (tertiary/aromatic N) is 3. The Morgan fingerprint density at radius 2 is 1.71 bits per heavy atom. The second-order valence-electron chi connectivity index (χ2n) is 8.23. The molecule has 2 amide bonds. The Kier molecular flexibility index (Phi) is 5.58. The summed E-state index contributed by atoms with van der Waals surface area (Å²) in [7, 11) is 0. The van der Waals surface area contributed by atoms with Gasteiger partial charge < -0.3 is 10.6 Å². The number of rotatable bonds is 5. The lowest BCUT2D eigenvalue weighted by Gasteiger charge is -2.32. The zero-order valence-corrected chi connectivity index (χ0v) is 18.7. The highest BCUT2D eigenvalue weighted by Gasteiger charge is 2.42. The van der Waals surface area contributed by atoms with Crippen LogP contribution in [0, 0.1) is 17.0 Å². The molecular formula is C26H21N5O4. The number of aryl methyl sites for hydroxylation is 1. The lowest BCUT2D eigenvalue weighted by Crippen LogP contribution is -2.50. The van der Waals surface area contributed by atoms with Crippen molar-refractivity contribution in [2.75, 3.05) is 5.32 Å². The zero-order valence-electron chi connectivity index (χ0n) is 18.7. The third-order valence-corrected chi connectivity index (χ3v) is 6.04. The van der Waals surface area contributed by atoms with Crippen molar-refractivity contribution < 1.29 is 14.5 Å². The Morgan fingerprint density at radius 1 is 1.03 bits per heavy atom. The predicted molar refractivity (Wildman–Crippen MR) is 130 cm³/mol. The van der Waals surface area contributed by atoms with Crippen LogP contribution in [0.15, 0.2) is 84.9 Å². The average molecular weight is 467 g/mol. The summed E-state index contributed by atoms with van der Waals surface area (Å²) < 4.78 is 1.64. The van der Waals surface area contributed by atoms with E-state index < -0.39 is 28.7 Å². The van der Waals surface area contributed by atoms with Gasteiger partial charge in [-0.05, 0) is 36.8 Å². The summed E-state index contributed by atoms with van der Waals surface area (Å²) in [5, 5.41) is 21.9. The molecule has 9 heteroatoms. The number of carbonyl (C=O) groups excluding carboxylic acids is 2. The van der Waals surface area contributed by atoms with Crippen molar-refractivity contribution in [2.24, 2.45) is 0 Å². The maximum atomic E-state index is 13.4. The molecule has 2 N–H and O–H groups in total. The highest BCUT2D eigenvalue weighted by molar-refractivity contribution is 6.04. The fraction of sp³-hybridized carbons (Fsp3) is 0.115. The first-order valence-electron chi connectivity index (χ1n) is 11.0. The number of nitro groups is 1. The largest absolute Gasteiger partial charge is 0.339 e. The molecule has 3 aromatic carbocycles. The molecule has 2 unspecified atom stereocenters. The molecule has 0 bridgehead atoms. The maximum Gasteiger partial charge on any atom is 0.269 e. The van der Waals surface area contributed by atoms with Crippen LogP contribution in [0.1, 0.15) is 33.1 Å². The third kappa shape index (κ3) is 4.04. The van der Waals surface area contributed by atoms with E-state index in [4.69, 9.17) is 0 Å². The van der Waals surface area contributed by atoms with Crippen LogP contribution in [0.5, 0.6) is 0 Å². The van der Waals surface area contributed by atoms with Gasteiger partial charge in [-0.1, -0.05) is 48.5 Å². The van der Waals surface area contributed by atoms with Crippen molar-refractivity contribution in [3.05, 3.63) is 117 Å². The van der Waals surface area contributed by atoms with Gasteiger partial charge in [-0.2, -0.15) is 5.10 Å². The Balaban J connectivity index is 1.66. The van der Waals surface area contributed by atoms with E-state index in [2.05, 4.69) is 15.7 Å². The van der Waals surface area contributed by atoms with Crippen molar-refractivity contribution in [2.45, 2.75) is 18.9 Å². The summed E-state index contributed by atoms with van der Waals surface area (Å²) in [6.45, 7) is 1.82. The number of nitro benzene ring substituents is 1. The number of non-ortho nitro benzene ring substituents is 1. The lowest BCUT2D eigenvalue weighted by molar-refractivity contribution is -0.384. The highest BCUT2D eigenvalue weighted by Crippen LogP contribution is 2.41. The van der Waals surface area contributed by atoms with Crippen molar-refractivity contribution in [3.8, 4) is 5.69 Å². The minimum Gasteiger partial charge on any atom is -0.339 e. The first-order valence-corrected chi connectivity index (χ1v) is 11.0. The number of carbonyl (C=O) groups is 2. The number of amides is 2. The number of fused-ring (bicyclic) bond motifs is 1. The van der Waals surface area contributed by atoms with Gasteiger partial charge in [0.05, 0.1) is 16.3 Å². The maximum absolute atomic E-state index is 13.4. The van der Waals surface area contributed by atoms with Crippen LogP contribution in [0.25, 0.3) is 5.69 Å². The molecule has 9 nitrogen and oxygen atoms in total. The van der Waals surface area contributed by atoms with E-state index >= 15 is 0 Å². The van der Waals surface area contributed by atoms with E-state index in [0.29, 0.717) is 28.2 Å². The van der Waals surface area contributed by atoms with E-state index in [0.717, 1.165) is 5.69 Å². The number of nitrogens with one attached hydrogen (secondary N) is 2. The van der Waals surface area contributed by atoms with Crippen LogP contribution in [0.2, 0.25) is 0 Å². The topological polar surface area (TPSA) is 119 Å². The van der Waals surface area contributed by atoms with Gasteiger partial charge in [0.25, 0.3) is 11.6 Å². The molecule has 35 heavy (non-hydrogen) atoms. The molecule has 0 fully saturated rings. The first-order chi connectivity index (χ1) is 16.9. The van der Waals surface area contributed by atoms with Gasteiger partial charge in [-0.3, -0.25) is 19.7 Å². The predicted octanol–water partition coefficient (Wildman–Crippen LogP) is 3.97. The summed E-state index contributed by atoms with van der Waals surface area (Å²) in [5.41, 5.74) is 2.91. The van der Waals surface area contributed by atoms with Gasteiger partial charge >= 0.3 is 0 Å². The van der Waals surface area contributed by atoms with Crippen molar-refractivity contribution in [1.29, 1.82) is 0 Å². The van der Waals surface area contributed by atoms with Crippen LogP contribution >= 0.6 is 0 Å². The normalized spacial score (nSPS) is 16.8. The fourth-order valence-electron chi connectivity index (χ4n) is 4.45. The highest BCUT2D eigenvalue weighted by atomic mass is 16.6. The zero-order chi connectivity index (χ0) is 24.5. The number of hydrogen-bond acceptors (Lipinski definition) is 5. The lowest BCUT2D eigenvalue weighted by atomic mass is 9.81. The molecule has 0 saturated heterocycles. The summed E-state index contributed by atoms with van der Waals surface area (Å²) in [5.74, 6) is -1.07. The van der Waals surface area contributed by atoms with Gasteiger partial charge in [0.2, 0.25) is 5.91 Å². The smallest absolute Gasteiger partial charge is 0.269 e. The second-order valence-corrected chi connectivity index (χ2v) is 8.23. The summed E-state index contributed by atoms with van der Waals surface area (Å²) in [4.78, 5) is 37.4. The standard InChI is InChI=1S/C26H21N5O4/c1-16-21-22(18-11-8-14-20(15-18)31(34)35)23(27-25(32)17-9-4-2-5-10-17)26(33)28-24(21)30(29-16)19-12-6-3-7-13-19/h2-15,22-23H,1H3,(H,27,32)(H,28,33). The van der Waals surface area contributed by atoms with Gasteiger partial charge in [0, 0.05) is 29.2 Å². The van der Waals surface area contributed by atoms with Gasteiger partial charge in [0.15, 0.2) is 0 Å². The SMILES string of the molecule is Cc1nn(-c2ccccc2)c2c1C(c1cccc([N+](=O)[O-])c1)C(NC(=O)c1ccccc1)C(=O)N2. The molecule has 5 rings (SSSR count). The molecule has 2 atom stereocenters. The molecule has 0 aliphatic carbocycles. The summed E-state index contributed by atoms with van der Waals surface area (Å²) in [6, 6.07) is 23.0. The van der Waals surface area contributed by atoms with E-state index in [1.165, 1.54) is 12.1 Å². The van der Waals surface area contributed by atoms with E-state index in [9.17, 15) is 19.7 Å². The number of benzene rings is 3. The molecule has 1 aliphatic rings. The Labute approximate surface area is 200 Å². The Hall–Kier alpha value is -4.79. The molecule has 0 saturated carbocycles. The number of para-hydroxylation sites is 1. The number of hydrogen-bond donors (Lipinski definition) is 2. The third-order valence-electron chi connectivity index (χ3n) is 6.04. The van der Waals surface area contributed by atoms with Crippen LogP contribution in [-0.2, 0) is 4.79 Å². The average Bonchev–Trinajstić information content (AvgIpc) is 3.21. The first kappa shape index (κ1) is 22.0. The fourth-order valence-corrected chi connectivity index (χ4v) is 4.45. The minimum atomic E-state index is -1.01. The quantitative estimate of drug-likeness (QED) is 0.340. The minimum absolute atomic E-state index is 0.101. The van der Waals surface area contributed by atoms with Crippen molar-refractivity contribution in [3.63, 3.8) is 0 Å². The van der Waals surface area contributed by atoms with Gasteiger partial charge in [-0.15, -0.1) is 0 Å². The van der Waals surface area contributed by atoms with Crippen LogP contribution in [0.3, 0.4) is 0 Å². The molecule has 1 aliphatic heterocycles. The summed E-state index contributed by atoms with van der Waals surface area (Å²) >= 11 is 0. The molecule has 0 radical (unpaired) electrons. The van der Waals surface area contributed by atoms with Gasteiger partial charge in [-0.25, -0.2) is 4.68 Å². The van der Waals surface area contributed by atoms with E-state index in [1.54, 1.807) is 47.1 Å². The number of aromatic nitrogens is 2. The van der Waals surface area contributed by atoms with Crippen molar-refractivity contribution >= 4 is 23.3 Å². The van der Waals surface area contributed by atoms with Crippen molar-refractivity contribution in [1.82, 2.24) is 15.1 Å². The molecule has 1 aromatic heterocycles. The van der Waals surface area contributed by atoms with Crippen LogP contribution < -0.4 is 10.6 Å². The Morgan fingerprint density at radius 3 is 2.40 bits per heavy atom. The van der Waals surface area contributed by atoms with Crippen LogP contribution in [0.4, 0.5) is 11.5 Å². The number of anilines is 1. The molecule has 2 heterocycles. The molecule has 0 spiro atoms. The van der Waals surface area contributed by atoms with Crippen LogP contribution in [-0.4, -0.2) is 32.6 Å².